The van der Waals surface area contributed by atoms with Gasteiger partial charge in [-0.2, -0.15) is 0 Å². The topological polar surface area (TPSA) is 72.5 Å². The fraction of sp³-hybridized carbons (Fsp3) is 0.300. The quantitative estimate of drug-likeness (QED) is 0.907. The Morgan fingerprint density at radius 1 is 1.35 bits per heavy atom. The molecule has 1 amide bonds. The van der Waals surface area contributed by atoms with Gasteiger partial charge in [-0.3, -0.25) is 9.52 Å². The molecule has 17 heavy (non-hydrogen) atoms. The summed E-state index contributed by atoms with van der Waals surface area (Å²) in [5, 5.41) is 0. The van der Waals surface area contributed by atoms with Gasteiger partial charge in [0.15, 0.2) is 6.10 Å². The summed E-state index contributed by atoms with van der Waals surface area (Å²) in [7, 11) is -3.55. The molecular formula is C10H12BrNO4S. The van der Waals surface area contributed by atoms with Crippen molar-refractivity contribution in [3.63, 3.8) is 0 Å². The van der Waals surface area contributed by atoms with Crippen LogP contribution >= 0.6 is 15.9 Å². The van der Waals surface area contributed by atoms with Crippen LogP contribution in [-0.2, 0) is 14.8 Å². The van der Waals surface area contributed by atoms with Crippen molar-refractivity contribution in [3.8, 4) is 5.75 Å². The lowest BCUT2D eigenvalue weighted by molar-refractivity contribution is -0.125. The van der Waals surface area contributed by atoms with Crippen molar-refractivity contribution in [1.29, 1.82) is 0 Å². The van der Waals surface area contributed by atoms with Crippen molar-refractivity contribution in [1.82, 2.24) is 4.72 Å². The van der Waals surface area contributed by atoms with Crippen LogP contribution in [0.4, 0.5) is 0 Å². The second kappa shape index (κ2) is 5.50. The third kappa shape index (κ3) is 5.18. The van der Waals surface area contributed by atoms with Crippen molar-refractivity contribution in [2.24, 2.45) is 0 Å². The molecule has 0 saturated carbocycles. The number of benzene rings is 1. The lowest BCUT2D eigenvalue weighted by Crippen LogP contribution is -2.39. The first-order chi connectivity index (χ1) is 7.78. The van der Waals surface area contributed by atoms with Crippen molar-refractivity contribution < 1.29 is 17.9 Å². The molecule has 1 aromatic rings. The third-order valence-corrected chi connectivity index (χ3v) is 2.88. The molecule has 1 N–H and O–H groups in total. The largest absolute Gasteiger partial charge is 0.481 e. The number of halogens is 1. The van der Waals surface area contributed by atoms with E-state index in [9.17, 15) is 13.2 Å². The average Bonchev–Trinajstić information content (AvgIpc) is 2.19. The van der Waals surface area contributed by atoms with Crippen molar-refractivity contribution >= 4 is 31.9 Å². The first-order valence-electron chi connectivity index (χ1n) is 4.72. The Kier molecular flexibility index (Phi) is 4.53. The van der Waals surface area contributed by atoms with Gasteiger partial charge in [-0.1, -0.05) is 15.9 Å². The van der Waals surface area contributed by atoms with E-state index >= 15 is 0 Å². The molecule has 1 atom stereocenters. The number of sulfonamides is 1. The number of hydrogen-bond donors (Lipinski definition) is 1. The maximum Gasteiger partial charge on any atom is 0.274 e. The Hall–Kier alpha value is -1.08. The van der Waals surface area contributed by atoms with Crippen molar-refractivity contribution in [2.45, 2.75) is 13.0 Å². The van der Waals surface area contributed by atoms with E-state index in [1.54, 1.807) is 24.3 Å². The lowest BCUT2D eigenvalue weighted by atomic mass is 10.3. The smallest absolute Gasteiger partial charge is 0.274 e. The fourth-order valence-corrected chi connectivity index (χ4v) is 1.83. The van der Waals surface area contributed by atoms with E-state index in [1.807, 2.05) is 4.72 Å². The highest BCUT2D eigenvalue weighted by Gasteiger charge is 2.18. The van der Waals surface area contributed by atoms with Crippen LogP contribution in [0.25, 0.3) is 0 Å². The number of carbonyl (C=O) groups is 1. The monoisotopic (exact) mass is 321 g/mol. The van der Waals surface area contributed by atoms with Crippen LogP contribution in [-0.4, -0.2) is 26.7 Å². The predicted molar refractivity (Wildman–Crippen MR) is 67.2 cm³/mol. The molecular weight excluding hydrogens is 310 g/mol. The highest BCUT2D eigenvalue weighted by Crippen LogP contribution is 2.17. The molecule has 0 saturated heterocycles. The number of nitrogens with one attached hydrogen (secondary N) is 1. The summed E-state index contributed by atoms with van der Waals surface area (Å²) in [5.74, 6) is -0.209. The zero-order valence-corrected chi connectivity index (χ0v) is 11.7. The standard InChI is InChI=1S/C10H12BrNO4S/c1-7(10(13)12-17(2,14)15)16-9-5-3-8(11)4-6-9/h3-7H,1-2H3,(H,12,13)/t7-/m0/s1. The maximum absolute atomic E-state index is 11.4. The molecule has 0 spiro atoms. The Morgan fingerprint density at radius 2 is 1.88 bits per heavy atom. The minimum absolute atomic E-state index is 0.490. The van der Waals surface area contributed by atoms with Crippen LogP contribution < -0.4 is 9.46 Å². The first kappa shape index (κ1) is 14.0. The van der Waals surface area contributed by atoms with Crippen molar-refractivity contribution in [2.75, 3.05) is 6.26 Å². The van der Waals surface area contributed by atoms with Gasteiger partial charge in [0, 0.05) is 4.47 Å². The number of amides is 1. The summed E-state index contributed by atoms with van der Waals surface area (Å²) in [6.07, 6.45) is 0.0305. The van der Waals surface area contributed by atoms with E-state index in [0.717, 1.165) is 10.7 Å². The molecule has 0 bridgehead atoms. The van der Waals surface area contributed by atoms with Gasteiger partial charge in [0.1, 0.15) is 5.75 Å². The second-order valence-corrected chi connectivity index (χ2v) is 6.12. The summed E-state index contributed by atoms with van der Waals surface area (Å²) in [5.41, 5.74) is 0. The summed E-state index contributed by atoms with van der Waals surface area (Å²) in [6.45, 7) is 1.47. The van der Waals surface area contributed by atoms with Crippen LogP contribution in [0.5, 0.6) is 5.75 Å². The SMILES string of the molecule is C[C@H](Oc1ccc(Br)cc1)C(=O)NS(C)(=O)=O. The van der Waals surface area contributed by atoms with E-state index < -0.39 is 22.0 Å². The van der Waals surface area contributed by atoms with Gasteiger partial charge in [0.05, 0.1) is 6.26 Å². The molecule has 0 aliphatic rings. The number of rotatable bonds is 4. The van der Waals surface area contributed by atoms with Crippen molar-refractivity contribution in [3.05, 3.63) is 28.7 Å². The minimum atomic E-state index is -3.55. The predicted octanol–water partition coefficient (Wildman–Crippen LogP) is 1.29. The summed E-state index contributed by atoms with van der Waals surface area (Å²) < 4.78 is 29.7. The van der Waals surface area contributed by atoms with Crippen LogP contribution in [0.15, 0.2) is 28.7 Å². The molecule has 5 nitrogen and oxygen atoms in total. The van der Waals surface area contributed by atoms with Gasteiger partial charge in [-0.15, -0.1) is 0 Å². The molecule has 0 heterocycles. The Bertz CT molecular complexity index is 498. The second-order valence-electron chi connectivity index (χ2n) is 3.45. The van der Waals surface area contributed by atoms with Gasteiger partial charge in [-0.25, -0.2) is 8.42 Å². The van der Waals surface area contributed by atoms with Gasteiger partial charge in [0.25, 0.3) is 5.91 Å². The lowest BCUT2D eigenvalue weighted by Gasteiger charge is -2.13. The first-order valence-corrected chi connectivity index (χ1v) is 7.40. The Labute approximate surface area is 108 Å². The van der Waals surface area contributed by atoms with E-state index in [2.05, 4.69) is 15.9 Å². The molecule has 0 unspecified atom stereocenters. The van der Waals surface area contributed by atoms with Crippen LogP contribution in [0.2, 0.25) is 0 Å². The number of carbonyl (C=O) groups excluding carboxylic acids is 1. The third-order valence-electron chi connectivity index (χ3n) is 1.78. The highest BCUT2D eigenvalue weighted by molar-refractivity contribution is 9.10. The van der Waals surface area contributed by atoms with E-state index in [1.165, 1.54) is 6.92 Å². The maximum atomic E-state index is 11.4. The van der Waals surface area contributed by atoms with Crippen LogP contribution in [0.1, 0.15) is 6.92 Å². The molecule has 1 rings (SSSR count). The van der Waals surface area contributed by atoms with Gasteiger partial charge < -0.3 is 4.74 Å². The zero-order chi connectivity index (χ0) is 13.1. The summed E-state index contributed by atoms with van der Waals surface area (Å²) in [4.78, 5) is 11.4. The molecule has 0 aromatic heterocycles. The summed E-state index contributed by atoms with van der Waals surface area (Å²) in [6, 6.07) is 6.87. The molecule has 0 radical (unpaired) electrons. The Morgan fingerprint density at radius 3 is 2.35 bits per heavy atom. The number of hydrogen-bond acceptors (Lipinski definition) is 4. The zero-order valence-electron chi connectivity index (χ0n) is 9.31. The van der Waals surface area contributed by atoms with Gasteiger partial charge in [-0.05, 0) is 31.2 Å². The Balaban J connectivity index is 2.63. The highest BCUT2D eigenvalue weighted by atomic mass is 79.9. The van der Waals surface area contributed by atoms with E-state index in [0.29, 0.717) is 5.75 Å². The van der Waals surface area contributed by atoms with E-state index in [-0.39, 0.29) is 0 Å². The van der Waals surface area contributed by atoms with Gasteiger partial charge >= 0.3 is 0 Å². The normalized spacial score (nSPS) is 12.9. The summed E-state index contributed by atoms with van der Waals surface area (Å²) >= 11 is 3.27. The minimum Gasteiger partial charge on any atom is -0.481 e. The molecule has 7 heteroatoms. The van der Waals surface area contributed by atoms with Crippen LogP contribution in [0.3, 0.4) is 0 Å². The molecule has 0 fully saturated rings. The average molecular weight is 322 g/mol. The van der Waals surface area contributed by atoms with E-state index in [4.69, 9.17) is 4.74 Å². The molecule has 0 aliphatic carbocycles. The van der Waals surface area contributed by atoms with Crippen LogP contribution in [0, 0.1) is 0 Å². The fourth-order valence-electron chi connectivity index (χ4n) is 1.04. The molecule has 94 valence electrons. The molecule has 1 aromatic carbocycles. The molecule has 0 aliphatic heterocycles. The van der Waals surface area contributed by atoms with Gasteiger partial charge in [0.2, 0.25) is 10.0 Å². The number of ether oxygens (including phenoxy) is 1.